The van der Waals surface area contributed by atoms with Crippen LogP contribution in [0.5, 0.6) is 0 Å². The average Bonchev–Trinajstić information content (AvgIpc) is 2.28. The fraction of sp³-hybridized carbons (Fsp3) is 0.375. The van der Waals surface area contributed by atoms with Gasteiger partial charge in [0, 0.05) is 12.4 Å². The third-order valence-corrected chi connectivity index (χ3v) is 1.93. The number of aromatic nitrogens is 2. The Kier molecular flexibility index (Phi) is 3.52. The van der Waals surface area contributed by atoms with Gasteiger partial charge in [0.1, 0.15) is 5.69 Å². The Morgan fingerprint density at radius 2 is 2.13 bits per heavy atom. The molecule has 0 N–H and O–H groups in total. The first-order valence-electron chi connectivity index (χ1n) is 3.86. The van der Waals surface area contributed by atoms with Crippen LogP contribution in [0.2, 0.25) is 0 Å². The molecule has 1 heterocycles. The molecule has 0 saturated carbocycles. The predicted octanol–water partition coefficient (Wildman–Crippen LogP) is 1.59. The second-order valence-electron chi connectivity index (χ2n) is 2.58. The molecule has 1 rings (SSSR count). The number of methoxy groups -OCH3 is 1. The topological polar surface area (TPSA) is 52.1 Å². The summed E-state index contributed by atoms with van der Waals surface area (Å²) in [5, 5.41) is 0. The average molecular weight is 237 g/mol. The van der Waals surface area contributed by atoms with Crippen LogP contribution in [0.3, 0.4) is 0 Å². The van der Waals surface area contributed by atoms with Crippen LogP contribution in [0, 0.1) is 0 Å². The number of nitrogens with zero attached hydrogens (tertiary/aromatic N) is 2. The summed E-state index contributed by atoms with van der Waals surface area (Å²) in [7, 11) is 1.07. The van der Waals surface area contributed by atoms with Crippen LogP contribution in [-0.4, -0.2) is 28.9 Å². The summed E-state index contributed by atoms with van der Waals surface area (Å²) in [6.07, 6.45) is 2.18. The van der Waals surface area contributed by atoms with Crippen LogP contribution in [-0.2, 0) is 10.7 Å². The van der Waals surface area contributed by atoms with E-state index in [4.69, 9.17) is 11.6 Å². The molecule has 0 unspecified atom stereocenters. The highest BCUT2D eigenvalue weighted by molar-refractivity contribution is 6.18. The molecule has 0 fully saturated rings. The second-order valence-corrected chi connectivity index (χ2v) is 2.85. The molecule has 4 nitrogen and oxygen atoms in total. The normalized spacial score (nSPS) is 11.2. The lowest BCUT2D eigenvalue weighted by molar-refractivity contribution is 0.0134. The van der Waals surface area contributed by atoms with Gasteiger partial charge < -0.3 is 4.74 Å². The highest BCUT2D eigenvalue weighted by Gasteiger charge is 2.37. The summed E-state index contributed by atoms with van der Waals surface area (Å²) in [6.45, 7) is 0. The fourth-order valence-electron chi connectivity index (χ4n) is 0.915. The molecule has 1 aromatic heterocycles. The minimum absolute atomic E-state index is 0.523. The Bertz CT molecular complexity index is 373. The van der Waals surface area contributed by atoms with Gasteiger partial charge in [0.15, 0.2) is 5.69 Å². The Hall–Kier alpha value is -1.30. The lowest BCUT2D eigenvalue weighted by Crippen LogP contribution is -2.23. The molecule has 0 spiro atoms. The summed E-state index contributed by atoms with van der Waals surface area (Å²) in [4.78, 5) is 18.0. The maximum atomic E-state index is 13.2. The molecule has 0 aliphatic rings. The number of alkyl halides is 3. The molecule has 0 bridgehead atoms. The minimum atomic E-state index is -3.40. The van der Waals surface area contributed by atoms with Crippen LogP contribution in [0.15, 0.2) is 12.4 Å². The molecule has 0 saturated heterocycles. The summed E-state index contributed by atoms with van der Waals surface area (Å²) in [5.74, 6) is -5.35. The summed E-state index contributed by atoms with van der Waals surface area (Å²) < 4.78 is 30.7. The Labute approximate surface area is 89.2 Å². The van der Waals surface area contributed by atoms with E-state index in [9.17, 15) is 13.6 Å². The van der Waals surface area contributed by atoms with Gasteiger partial charge in [0.25, 0.3) is 0 Å². The SMILES string of the molecule is COC(=O)c1nccnc1C(F)(F)CCl. The zero-order valence-electron chi connectivity index (χ0n) is 7.71. The van der Waals surface area contributed by atoms with E-state index in [0.717, 1.165) is 19.5 Å². The fourth-order valence-corrected chi connectivity index (χ4v) is 1.04. The molecule has 15 heavy (non-hydrogen) atoms. The Morgan fingerprint density at radius 3 is 2.67 bits per heavy atom. The molecule has 0 atom stereocenters. The number of halogens is 3. The van der Waals surface area contributed by atoms with Crippen molar-refractivity contribution in [3.63, 3.8) is 0 Å². The second kappa shape index (κ2) is 4.48. The number of rotatable bonds is 3. The maximum Gasteiger partial charge on any atom is 0.358 e. The van der Waals surface area contributed by atoms with E-state index in [1.807, 2.05) is 0 Å². The molecule has 0 amide bonds. The smallest absolute Gasteiger partial charge is 0.358 e. The van der Waals surface area contributed by atoms with Crippen LogP contribution < -0.4 is 0 Å². The van der Waals surface area contributed by atoms with Gasteiger partial charge in [-0.1, -0.05) is 0 Å². The molecular formula is C8H7ClF2N2O2. The third-order valence-electron chi connectivity index (χ3n) is 1.59. The van der Waals surface area contributed by atoms with E-state index in [-0.39, 0.29) is 0 Å². The Balaban J connectivity index is 3.23. The number of carbonyl (C=O) groups excluding carboxylic acids is 1. The van der Waals surface area contributed by atoms with E-state index >= 15 is 0 Å². The lowest BCUT2D eigenvalue weighted by Gasteiger charge is -2.13. The van der Waals surface area contributed by atoms with E-state index in [2.05, 4.69) is 14.7 Å². The van der Waals surface area contributed by atoms with Gasteiger partial charge in [-0.25, -0.2) is 9.78 Å². The van der Waals surface area contributed by atoms with Crippen molar-refractivity contribution in [3.05, 3.63) is 23.8 Å². The van der Waals surface area contributed by atoms with Gasteiger partial charge in [-0.15, -0.1) is 11.6 Å². The molecule has 0 aliphatic carbocycles. The van der Waals surface area contributed by atoms with Crippen molar-refractivity contribution in [2.45, 2.75) is 5.92 Å². The van der Waals surface area contributed by atoms with Crippen LogP contribution in [0.4, 0.5) is 8.78 Å². The summed E-state index contributed by atoms with van der Waals surface area (Å²) in [5.41, 5.74) is -1.29. The lowest BCUT2D eigenvalue weighted by atomic mass is 10.2. The van der Waals surface area contributed by atoms with Gasteiger partial charge >= 0.3 is 11.9 Å². The maximum absolute atomic E-state index is 13.2. The monoisotopic (exact) mass is 236 g/mol. The third kappa shape index (κ3) is 2.38. The number of ether oxygens (including phenoxy) is 1. The van der Waals surface area contributed by atoms with Gasteiger partial charge in [-0.05, 0) is 0 Å². The molecule has 0 aromatic carbocycles. The van der Waals surface area contributed by atoms with Gasteiger partial charge in [-0.3, -0.25) is 4.98 Å². The molecule has 7 heteroatoms. The molecular weight excluding hydrogens is 230 g/mol. The zero-order chi connectivity index (χ0) is 11.5. The quantitative estimate of drug-likeness (QED) is 0.591. The minimum Gasteiger partial charge on any atom is -0.464 e. The largest absolute Gasteiger partial charge is 0.464 e. The zero-order valence-corrected chi connectivity index (χ0v) is 8.46. The number of esters is 1. The first-order valence-corrected chi connectivity index (χ1v) is 4.40. The first-order chi connectivity index (χ1) is 7.03. The van der Waals surface area contributed by atoms with Crippen molar-refractivity contribution in [3.8, 4) is 0 Å². The Morgan fingerprint density at radius 1 is 1.53 bits per heavy atom. The molecule has 82 valence electrons. The van der Waals surface area contributed by atoms with Gasteiger partial charge in [0.05, 0.1) is 13.0 Å². The van der Waals surface area contributed by atoms with E-state index in [1.54, 1.807) is 0 Å². The summed E-state index contributed by atoms with van der Waals surface area (Å²) in [6, 6.07) is 0. The number of hydrogen-bond acceptors (Lipinski definition) is 4. The van der Waals surface area contributed by atoms with Gasteiger partial charge in [0.2, 0.25) is 0 Å². The number of hydrogen-bond donors (Lipinski definition) is 0. The van der Waals surface area contributed by atoms with Gasteiger partial charge in [-0.2, -0.15) is 8.78 Å². The van der Waals surface area contributed by atoms with E-state index < -0.39 is 29.2 Å². The highest BCUT2D eigenvalue weighted by atomic mass is 35.5. The van der Waals surface area contributed by atoms with Crippen LogP contribution >= 0.6 is 11.6 Å². The van der Waals surface area contributed by atoms with Crippen molar-refractivity contribution in [2.75, 3.05) is 13.0 Å². The molecule has 1 aromatic rings. The number of carbonyl (C=O) groups is 1. The van der Waals surface area contributed by atoms with Crippen molar-refractivity contribution in [1.29, 1.82) is 0 Å². The summed E-state index contributed by atoms with van der Waals surface area (Å²) >= 11 is 5.08. The van der Waals surface area contributed by atoms with Crippen LogP contribution in [0.1, 0.15) is 16.2 Å². The van der Waals surface area contributed by atoms with Crippen molar-refractivity contribution < 1.29 is 18.3 Å². The van der Waals surface area contributed by atoms with Crippen molar-refractivity contribution >= 4 is 17.6 Å². The van der Waals surface area contributed by atoms with Crippen molar-refractivity contribution in [2.24, 2.45) is 0 Å². The van der Waals surface area contributed by atoms with E-state index in [0.29, 0.717) is 0 Å². The van der Waals surface area contributed by atoms with Crippen molar-refractivity contribution in [1.82, 2.24) is 9.97 Å². The standard InChI is InChI=1S/C8H7ClF2N2O2/c1-15-7(14)5-6(8(10,11)4-9)13-3-2-12-5/h2-3H,4H2,1H3. The van der Waals surface area contributed by atoms with Crippen LogP contribution in [0.25, 0.3) is 0 Å². The molecule has 0 radical (unpaired) electrons. The predicted molar refractivity (Wildman–Crippen MR) is 48.0 cm³/mol. The first kappa shape index (κ1) is 11.8. The van der Waals surface area contributed by atoms with E-state index in [1.165, 1.54) is 0 Å². The highest BCUT2D eigenvalue weighted by Crippen LogP contribution is 2.29. The molecule has 0 aliphatic heterocycles.